The molecule has 2 aromatic rings. The van der Waals surface area contributed by atoms with Gasteiger partial charge in [0, 0.05) is 9.77 Å². The molecular weight excluding hydrogens is 255 g/mol. The molecule has 0 saturated carbocycles. The maximum Gasteiger partial charge on any atom is 0.138 e. The second-order valence-electron chi connectivity index (χ2n) is 3.51. The van der Waals surface area contributed by atoms with Crippen LogP contribution in [-0.4, -0.2) is 10.7 Å². The number of nitrogen functional groups attached to an aromatic ring is 1. The molecule has 90 valence electrons. The van der Waals surface area contributed by atoms with Crippen molar-refractivity contribution in [3.8, 4) is 10.6 Å². The van der Waals surface area contributed by atoms with Crippen LogP contribution in [0.4, 0.5) is 10.2 Å². The molecule has 0 atom stereocenters. The number of hydrogen-bond acceptors (Lipinski definition) is 4. The summed E-state index contributed by atoms with van der Waals surface area (Å²) in [4.78, 5) is 6.07. The number of thiazole rings is 1. The maximum absolute atomic E-state index is 13.9. The normalized spacial score (nSPS) is 10.8. The minimum Gasteiger partial charge on any atom is -0.383 e. The van der Waals surface area contributed by atoms with Crippen LogP contribution in [0.3, 0.4) is 0 Å². The fourth-order valence-corrected chi connectivity index (χ4v) is 3.29. The fraction of sp³-hybridized carbons (Fsp3) is 0.250. The van der Waals surface area contributed by atoms with Gasteiger partial charge in [-0.25, -0.2) is 9.37 Å². The zero-order chi connectivity index (χ0) is 12.4. The molecule has 2 nitrogen and oxygen atoms in total. The van der Waals surface area contributed by atoms with Gasteiger partial charge in [-0.1, -0.05) is 13.0 Å². The Morgan fingerprint density at radius 1 is 1.47 bits per heavy atom. The van der Waals surface area contributed by atoms with Crippen molar-refractivity contribution < 1.29 is 4.39 Å². The van der Waals surface area contributed by atoms with E-state index in [-0.39, 0.29) is 5.82 Å². The first-order valence-electron chi connectivity index (χ1n) is 5.28. The Hall–Kier alpha value is -1.07. The monoisotopic (exact) mass is 268 g/mol. The number of benzene rings is 1. The number of nitrogens with two attached hydrogens (primary N) is 1. The van der Waals surface area contributed by atoms with Crippen LogP contribution in [-0.2, 0) is 0 Å². The van der Waals surface area contributed by atoms with Gasteiger partial charge in [0.25, 0.3) is 0 Å². The first-order valence-corrected chi connectivity index (χ1v) is 7.08. The summed E-state index contributed by atoms with van der Waals surface area (Å²) in [6, 6.07) is 5.10. The van der Waals surface area contributed by atoms with Crippen LogP contribution in [0.25, 0.3) is 10.6 Å². The maximum atomic E-state index is 13.9. The van der Waals surface area contributed by atoms with Crippen LogP contribution < -0.4 is 5.73 Å². The summed E-state index contributed by atoms with van der Waals surface area (Å²) in [7, 11) is 0. The molecule has 0 radical (unpaired) electrons. The van der Waals surface area contributed by atoms with Crippen LogP contribution in [0, 0.1) is 12.7 Å². The lowest BCUT2D eigenvalue weighted by atomic mass is 10.2. The second-order valence-corrected chi connectivity index (χ2v) is 6.02. The van der Waals surface area contributed by atoms with Crippen molar-refractivity contribution >= 4 is 28.9 Å². The van der Waals surface area contributed by atoms with Crippen molar-refractivity contribution in [1.82, 2.24) is 4.98 Å². The van der Waals surface area contributed by atoms with Crippen LogP contribution in [0.1, 0.15) is 11.8 Å². The highest BCUT2D eigenvalue weighted by atomic mass is 32.2. The van der Waals surface area contributed by atoms with Gasteiger partial charge >= 0.3 is 0 Å². The molecule has 0 amide bonds. The molecule has 0 aliphatic carbocycles. The Kier molecular flexibility index (Phi) is 3.69. The van der Waals surface area contributed by atoms with Gasteiger partial charge in [-0.2, -0.15) is 0 Å². The summed E-state index contributed by atoms with van der Waals surface area (Å²) in [5, 5.41) is 0.661. The number of aromatic nitrogens is 1. The summed E-state index contributed by atoms with van der Waals surface area (Å²) in [5.74, 6) is 1.15. The summed E-state index contributed by atoms with van der Waals surface area (Å²) >= 11 is 3.04. The number of aryl methyl sites for hydroxylation is 1. The number of nitrogens with zero attached hydrogens (tertiary/aromatic N) is 1. The minimum atomic E-state index is -0.239. The lowest BCUT2D eigenvalue weighted by Crippen LogP contribution is -1.90. The van der Waals surface area contributed by atoms with E-state index in [1.54, 1.807) is 17.8 Å². The fourth-order valence-electron chi connectivity index (χ4n) is 1.50. The van der Waals surface area contributed by atoms with Gasteiger partial charge in [0.15, 0.2) is 0 Å². The quantitative estimate of drug-likeness (QED) is 0.857. The standard InChI is InChI=1S/C12H13FN2S2/c1-3-16-9-6-4-5-8(13)10(9)12-15-11(14)7(2)17-12/h4-6H,3,14H2,1-2H3. The molecular formula is C12H13FN2S2. The Morgan fingerprint density at radius 2 is 2.24 bits per heavy atom. The average Bonchev–Trinajstić information content (AvgIpc) is 2.59. The van der Waals surface area contributed by atoms with E-state index in [1.165, 1.54) is 17.4 Å². The lowest BCUT2D eigenvalue weighted by Gasteiger charge is -2.06. The predicted octanol–water partition coefficient (Wildman–Crippen LogP) is 3.95. The first kappa shape index (κ1) is 12.4. The topological polar surface area (TPSA) is 38.9 Å². The first-order chi connectivity index (χ1) is 8.13. The van der Waals surface area contributed by atoms with Crippen LogP contribution in [0.15, 0.2) is 23.1 Å². The van der Waals surface area contributed by atoms with Gasteiger partial charge < -0.3 is 5.73 Å². The molecule has 0 aliphatic heterocycles. The van der Waals surface area contributed by atoms with Crippen molar-refractivity contribution in [1.29, 1.82) is 0 Å². The minimum absolute atomic E-state index is 0.239. The molecule has 1 aromatic heterocycles. The van der Waals surface area contributed by atoms with E-state index in [9.17, 15) is 4.39 Å². The number of hydrogen-bond donors (Lipinski definition) is 1. The third-order valence-electron chi connectivity index (χ3n) is 2.32. The van der Waals surface area contributed by atoms with Gasteiger partial charge in [-0.3, -0.25) is 0 Å². The smallest absolute Gasteiger partial charge is 0.138 e. The Labute approximate surface area is 108 Å². The van der Waals surface area contributed by atoms with E-state index in [0.717, 1.165) is 15.5 Å². The summed E-state index contributed by atoms with van der Waals surface area (Å²) in [6.45, 7) is 3.94. The predicted molar refractivity (Wildman–Crippen MR) is 73.1 cm³/mol. The number of halogens is 1. The second kappa shape index (κ2) is 5.06. The van der Waals surface area contributed by atoms with Gasteiger partial charge in [-0.05, 0) is 24.8 Å². The molecule has 17 heavy (non-hydrogen) atoms. The number of thioether (sulfide) groups is 1. The van der Waals surface area contributed by atoms with Crippen molar-refractivity contribution in [2.45, 2.75) is 18.7 Å². The van der Waals surface area contributed by atoms with Crippen molar-refractivity contribution in [2.24, 2.45) is 0 Å². The molecule has 2 N–H and O–H groups in total. The molecule has 0 unspecified atom stereocenters. The molecule has 0 saturated heterocycles. The summed E-state index contributed by atoms with van der Waals surface area (Å²) < 4.78 is 13.9. The van der Waals surface area contributed by atoms with Gasteiger partial charge in [0.05, 0.1) is 5.56 Å². The Balaban J connectivity index is 2.56. The van der Waals surface area contributed by atoms with E-state index in [0.29, 0.717) is 16.4 Å². The highest BCUT2D eigenvalue weighted by Crippen LogP contribution is 2.37. The zero-order valence-corrected chi connectivity index (χ0v) is 11.3. The highest BCUT2D eigenvalue weighted by Gasteiger charge is 2.15. The third-order valence-corrected chi connectivity index (χ3v) is 4.27. The molecule has 5 heteroatoms. The number of anilines is 1. The molecule has 1 heterocycles. The molecule has 0 bridgehead atoms. The summed E-state index contributed by atoms with van der Waals surface area (Å²) in [5.41, 5.74) is 6.30. The highest BCUT2D eigenvalue weighted by molar-refractivity contribution is 7.99. The van der Waals surface area contributed by atoms with Crippen LogP contribution in [0.5, 0.6) is 0 Å². The van der Waals surface area contributed by atoms with Gasteiger partial charge in [0.1, 0.15) is 16.6 Å². The van der Waals surface area contributed by atoms with E-state index in [1.807, 2.05) is 19.9 Å². The van der Waals surface area contributed by atoms with E-state index >= 15 is 0 Å². The largest absolute Gasteiger partial charge is 0.383 e. The molecule has 2 rings (SSSR count). The molecule has 0 spiro atoms. The van der Waals surface area contributed by atoms with Crippen molar-refractivity contribution in [3.63, 3.8) is 0 Å². The third kappa shape index (κ3) is 2.45. The van der Waals surface area contributed by atoms with Crippen molar-refractivity contribution in [2.75, 3.05) is 11.5 Å². The van der Waals surface area contributed by atoms with Gasteiger partial charge in [0.2, 0.25) is 0 Å². The molecule has 1 aromatic carbocycles. The van der Waals surface area contributed by atoms with Crippen LogP contribution in [0.2, 0.25) is 0 Å². The van der Waals surface area contributed by atoms with E-state index in [2.05, 4.69) is 4.98 Å². The lowest BCUT2D eigenvalue weighted by molar-refractivity contribution is 0.628. The summed E-state index contributed by atoms with van der Waals surface area (Å²) in [6.07, 6.45) is 0. The number of rotatable bonds is 3. The van der Waals surface area contributed by atoms with Gasteiger partial charge in [-0.15, -0.1) is 23.1 Å². The van der Waals surface area contributed by atoms with Crippen LogP contribution >= 0.6 is 23.1 Å². The Bertz CT molecular complexity index is 518. The van der Waals surface area contributed by atoms with E-state index < -0.39 is 0 Å². The SMILES string of the molecule is CCSc1cccc(F)c1-c1nc(N)c(C)s1. The zero-order valence-electron chi connectivity index (χ0n) is 9.66. The molecule has 0 fully saturated rings. The van der Waals surface area contributed by atoms with Crippen molar-refractivity contribution in [3.05, 3.63) is 28.9 Å². The average molecular weight is 268 g/mol. The Morgan fingerprint density at radius 3 is 2.82 bits per heavy atom. The van der Waals surface area contributed by atoms with E-state index in [4.69, 9.17) is 5.73 Å². The molecule has 0 aliphatic rings.